The normalized spacial score (nSPS) is 10.9. The Morgan fingerprint density at radius 1 is 1.40 bits per heavy atom. The fraction of sp³-hybridized carbons (Fsp3) is 0.500. The van der Waals surface area contributed by atoms with Gasteiger partial charge in [0.15, 0.2) is 5.75 Å². The Morgan fingerprint density at radius 2 is 2.00 bits per heavy atom. The average molecular weight is 213 g/mol. The Labute approximate surface area is 87.2 Å². The molecular weight excluding hydrogens is 198 g/mol. The highest BCUT2D eigenvalue weighted by molar-refractivity contribution is 5.27. The molecule has 1 aromatic heterocycles. The first-order chi connectivity index (χ1) is 7.15. The molecule has 0 radical (unpaired) electrons. The Bertz CT molecular complexity index is 381. The number of aromatic hydroxyl groups is 1. The summed E-state index contributed by atoms with van der Waals surface area (Å²) >= 11 is 0. The van der Waals surface area contributed by atoms with Crippen molar-refractivity contribution in [3.8, 4) is 5.75 Å². The van der Waals surface area contributed by atoms with Crippen molar-refractivity contribution in [2.24, 2.45) is 0 Å². The molecule has 0 amide bonds. The first-order valence-corrected chi connectivity index (χ1v) is 4.80. The predicted molar refractivity (Wildman–Crippen MR) is 55.0 cm³/mol. The van der Waals surface area contributed by atoms with Gasteiger partial charge in [-0.25, -0.2) is 0 Å². The molecule has 5 nitrogen and oxygen atoms in total. The number of aliphatic hydroxyl groups is 2. The Morgan fingerprint density at radius 3 is 2.47 bits per heavy atom. The lowest BCUT2D eigenvalue weighted by molar-refractivity contribution is 0.151. The molecule has 84 valence electrons. The monoisotopic (exact) mass is 213 g/mol. The fourth-order valence-electron chi connectivity index (χ4n) is 1.51. The molecule has 1 heterocycles. The third-order valence-corrected chi connectivity index (χ3v) is 2.35. The van der Waals surface area contributed by atoms with Gasteiger partial charge >= 0.3 is 0 Å². The van der Waals surface area contributed by atoms with Crippen LogP contribution in [0.25, 0.3) is 0 Å². The maximum absolute atomic E-state index is 11.2. The summed E-state index contributed by atoms with van der Waals surface area (Å²) in [6.07, 6.45) is 1.93. The predicted octanol–water partition coefficient (Wildman–Crippen LogP) is -0.358. The van der Waals surface area contributed by atoms with Crippen LogP contribution in [-0.4, -0.2) is 33.1 Å². The highest BCUT2D eigenvalue weighted by Crippen LogP contribution is 2.16. The van der Waals surface area contributed by atoms with Crippen molar-refractivity contribution in [2.45, 2.75) is 19.4 Å². The van der Waals surface area contributed by atoms with Crippen molar-refractivity contribution < 1.29 is 15.3 Å². The molecule has 1 aromatic rings. The fourth-order valence-corrected chi connectivity index (χ4v) is 1.51. The highest BCUT2D eigenvalue weighted by Gasteiger charge is 2.14. The van der Waals surface area contributed by atoms with E-state index in [1.807, 2.05) is 0 Å². The molecule has 0 unspecified atom stereocenters. The van der Waals surface area contributed by atoms with E-state index in [9.17, 15) is 9.90 Å². The van der Waals surface area contributed by atoms with Gasteiger partial charge in [-0.2, -0.15) is 0 Å². The van der Waals surface area contributed by atoms with E-state index in [4.69, 9.17) is 10.2 Å². The topological polar surface area (TPSA) is 82.7 Å². The summed E-state index contributed by atoms with van der Waals surface area (Å²) in [5, 5.41) is 27.6. The number of aromatic nitrogens is 1. The molecule has 0 fully saturated rings. The van der Waals surface area contributed by atoms with Crippen molar-refractivity contribution >= 4 is 0 Å². The minimum atomic E-state index is -0.522. The van der Waals surface area contributed by atoms with Crippen molar-refractivity contribution in [1.29, 1.82) is 0 Å². The van der Waals surface area contributed by atoms with Crippen LogP contribution in [0.5, 0.6) is 5.75 Å². The Hall–Kier alpha value is -1.33. The number of rotatable bonds is 4. The lowest BCUT2D eigenvalue weighted by Crippen LogP contribution is -2.22. The van der Waals surface area contributed by atoms with E-state index >= 15 is 0 Å². The van der Waals surface area contributed by atoms with E-state index in [0.29, 0.717) is 12.1 Å². The largest absolute Gasteiger partial charge is 0.503 e. The minimum absolute atomic E-state index is 0.244. The summed E-state index contributed by atoms with van der Waals surface area (Å²) in [6.45, 7) is 1.30. The van der Waals surface area contributed by atoms with Gasteiger partial charge in [-0.1, -0.05) is 6.92 Å². The first-order valence-electron chi connectivity index (χ1n) is 4.80. The third-order valence-electron chi connectivity index (χ3n) is 2.35. The van der Waals surface area contributed by atoms with Gasteiger partial charge in [0.2, 0.25) is 5.43 Å². The molecule has 3 N–H and O–H groups in total. The Balaban J connectivity index is 3.29. The zero-order valence-electron chi connectivity index (χ0n) is 8.55. The smallest absolute Gasteiger partial charge is 0.223 e. The van der Waals surface area contributed by atoms with Gasteiger partial charge in [-0.3, -0.25) is 4.79 Å². The molecule has 5 heteroatoms. The van der Waals surface area contributed by atoms with Crippen LogP contribution in [0.1, 0.15) is 18.7 Å². The number of aliphatic hydroxyl groups excluding tert-OH is 2. The van der Waals surface area contributed by atoms with E-state index < -0.39 is 11.5 Å². The van der Waals surface area contributed by atoms with Gasteiger partial charge in [0.05, 0.1) is 24.9 Å². The lowest BCUT2D eigenvalue weighted by Gasteiger charge is -2.20. The van der Waals surface area contributed by atoms with Gasteiger partial charge in [0.25, 0.3) is 0 Å². The lowest BCUT2D eigenvalue weighted by atomic mass is 10.2. The quantitative estimate of drug-likeness (QED) is 0.638. The average Bonchev–Trinajstić information content (AvgIpc) is 2.25. The second-order valence-electron chi connectivity index (χ2n) is 3.26. The van der Waals surface area contributed by atoms with Crippen molar-refractivity contribution in [3.63, 3.8) is 0 Å². The molecule has 0 bridgehead atoms. The molecule has 0 spiro atoms. The summed E-state index contributed by atoms with van der Waals surface area (Å²) in [5.41, 5.74) is -0.0201. The maximum atomic E-state index is 11.2. The standard InChI is InChI=1S/C10H15NO4/c1-2-8-10(15)9(14)3-4-11(8)7(5-12)6-13/h3-4,7,12-13,15H,2,5-6H2,1H3. The van der Waals surface area contributed by atoms with Crippen LogP contribution < -0.4 is 5.43 Å². The van der Waals surface area contributed by atoms with Gasteiger partial charge < -0.3 is 19.9 Å². The van der Waals surface area contributed by atoms with E-state index in [1.54, 1.807) is 6.92 Å². The summed E-state index contributed by atoms with van der Waals surface area (Å²) in [4.78, 5) is 11.2. The second kappa shape index (κ2) is 4.95. The molecule has 0 atom stereocenters. The molecule has 0 saturated carbocycles. The number of pyridine rings is 1. The van der Waals surface area contributed by atoms with Crippen LogP contribution in [0.4, 0.5) is 0 Å². The van der Waals surface area contributed by atoms with Crippen LogP contribution in [0.15, 0.2) is 17.1 Å². The van der Waals surface area contributed by atoms with E-state index in [-0.39, 0.29) is 19.0 Å². The van der Waals surface area contributed by atoms with Crippen LogP contribution in [0.2, 0.25) is 0 Å². The van der Waals surface area contributed by atoms with Gasteiger partial charge in [-0.05, 0) is 6.42 Å². The molecular formula is C10H15NO4. The number of hydrogen-bond donors (Lipinski definition) is 3. The number of hydrogen-bond acceptors (Lipinski definition) is 4. The molecule has 15 heavy (non-hydrogen) atoms. The summed E-state index contributed by atoms with van der Waals surface area (Å²) < 4.78 is 1.52. The zero-order chi connectivity index (χ0) is 11.4. The molecule has 1 rings (SSSR count). The minimum Gasteiger partial charge on any atom is -0.503 e. The van der Waals surface area contributed by atoms with Crippen molar-refractivity contribution in [1.82, 2.24) is 4.57 Å². The number of nitrogens with zero attached hydrogens (tertiary/aromatic N) is 1. The summed E-state index contributed by atoms with van der Waals surface area (Å²) in [6, 6.07) is 0.693. The van der Waals surface area contributed by atoms with Crippen LogP contribution in [0, 0.1) is 0 Å². The maximum Gasteiger partial charge on any atom is 0.223 e. The molecule has 0 aromatic carbocycles. The van der Waals surface area contributed by atoms with Crippen molar-refractivity contribution in [2.75, 3.05) is 13.2 Å². The molecule has 0 aliphatic carbocycles. The highest BCUT2D eigenvalue weighted by atomic mass is 16.3. The summed E-state index contributed by atoms with van der Waals surface area (Å²) in [7, 11) is 0. The van der Waals surface area contributed by atoms with Crippen LogP contribution in [0.3, 0.4) is 0 Å². The molecule has 0 aliphatic heterocycles. The molecule has 0 aliphatic rings. The van der Waals surface area contributed by atoms with E-state index in [0.717, 1.165) is 0 Å². The van der Waals surface area contributed by atoms with E-state index in [2.05, 4.69) is 0 Å². The Kier molecular flexibility index (Phi) is 3.88. The summed E-state index contributed by atoms with van der Waals surface area (Å²) in [5.74, 6) is -0.313. The van der Waals surface area contributed by atoms with Crippen molar-refractivity contribution in [3.05, 3.63) is 28.2 Å². The zero-order valence-corrected chi connectivity index (χ0v) is 8.55. The first kappa shape index (κ1) is 11.7. The van der Waals surface area contributed by atoms with Crippen LogP contribution in [-0.2, 0) is 6.42 Å². The van der Waals surface area contributed by atoms with E-state index in [1.165, 1.54) is 16.8 Å². The SMILES string of the molecule is CCc1c(O)c(=O)ccn1C(CO)CO. The van der Waals surface area contributed by atoms with Gasteiger partial charge in [-0.15, -0.1) is 0 Å². The second-order valence-corrected chi connectivity index (χ2v) is 3.26. The van der Waals surface area contributed by atoms with Gasteiger partial charge in [0.1, 0.15) is 0 Å². The van der Waals surface area contributed by atoms with Crippen LogP contribution >= 0.6 is 0 Å². The third kappa shape index (κ3) is 2.19. The van der Waals surface area contributed by atoms with Gasteiger partial charge in [0, 0.05) is 12.3 Å². The molecule has 0 saturated heterocycles.